The van der Waals surface area contributed by atoms with Gasteiger partial charge in [-0.05, 0) is 49.1 Å². The Morgan fingerprint density at radius 1 is 1.15 bits per heavy atom. The molecule has 0 saturated carbocycles. The maximum absolute atomic E-state index is 12.2. The van der Waals surface area contributed by atoms with Crippen molar-refractivity contribution in [1.82, 2.24) is 4.98 Å². The minimum atomic E-state index is -0.577. The third-order valence-corrected chi connectivity index (χ3v) is 5.02. The zero-order valence-corrected chi connectivity index (χ0v) is 16.4. The van der Waals surface area contributed by atoms with Crippen LogP contribution in [0.15, 0.2) is 18.3 Å². The van der Waals surface area contributed by atoms with Gasteiger partial charge in [-0.15, -0.1) is 0 Å². The highest BCUT2D eigenvalue weighted by Gasteiger charge is 2.21. The number of carbonyl (C=O) groups excluding carboxylic acids is 2. The number of Topliss-reactive ketones (excluding diaryl/α,β-unsaturated/α-hetero) is 2. The van der Waals surface area contributed by atoms with Crippen LogP contribution in [0.4, 0.5) is 0 Å². The van der Waals surface area contributed by atoms with Gasteiger partial charge in [0.1, 0.15) is 11.5 Å². The van der Waals surface area contributed by atoms with Crippen LogP contribution in [0.5, 0.6) is 5.75 Å². The van der Waals surface area contributed by atoms with Crippen molar-refractivity contribution in [3.05, 3.63) is 29.5 Å². The lowest BCUT2D eigenvalue weighted by Gasteiger charge is -2.13. The van der Waals surface area contributed by atoms with Crippen molar-refractivity contribution in [2.45, 2.75) is 52.5 Å². The summed E-state index contributed by atoms with van der Waals surface area (Å²) < 4.78 is 0. The molecule has 0 radical (unpaired) electrons. The molecule has 0 aliphatic heterocycles. The Morgan fingerprint density at radius 2 is 1.85 bits per heavy atom. The van der Waals surface area contributed by atoms with Gasteiger partial charge in [-0.1, -0.05) is 20.8 Å². The number of nitrogens with one attached hydrogen (secondary N) is 1. The van der Waals surface area contributed by atoms with E-state index < -0.39 is 6.04 Å². The van der Waals surface area contributed by atoms with Crippen LogP contribution in [0.2, 0.25) is 0 Å². The number of nitrogens with two attached hydrogens (primary N) is 2. The fourth-order valence-corrected chi connectivity index (χ4v) is 3.41. The predicted molar refractivity (Wildman–Crippen MR) is 108 cm³/mol. The molecule has 6 heteroatoms. The number of aromatic nitrogens is 1. The van der Waals surface area contributed by atoms with E-state index in [0.717, 1.165) is 22.0 Å². The summed E-state index contributed by atoms with van der Waals surface area (Å²) in [5.41, 5.74) is 14.2. The molecule has 0 saturated heterocycles. The van der Waals surface area contributed by atoms with E-state index >= 15 is 0 Å². The Bertz CT molecular complexity index is 810. The van der Waals surface area contributed by atoms with Crippen molar-refractivity contribution < 1.29 is 14.7 Å². The summed E-state index contributed by atoms with van der Waals surface area (Å²) in [6.45, 7) is 6.08. The summed E-state index contributed by atoms with van der Waals surface area (Å²) in [6, 6.07) is 2.79. The molecular weight excluding hydrogens is 342 g/mol. The summed E-state index contributed by atoms with van der Waals surface area (Å²) in [5, 5.41) is 11.0. The molecule has 1 heterocycles. The number of fused-ring (bicyclic) bond motifs is 1. The lowest BCUT2D eigenvalue weighted by Crippen LogP contribution is -2.35. The highest BCUT2D eigenvalue weighted by Crippen LogP contribution is 2.29. The quantitative estimate of drug-likeness (QED) is 0.509. The molecule has 0 spiro atoms. The van der Waals surface area contributed by atoms with Crippen LogP contribution in [-0.4, -0.2) is 34.2 Å². The molecule has 0 fully saturated rings. The first kappa shape index (κ1) is 21.1. The molecule has 27 heavy (non-hydrogen) atoms. The Morgan fingerprint density at radius 3 is 2.48 bits per heavy atom. The molecule has 1 aromatic carbocycles. The largest absolute Gasteiger partial charge is 0.508 e. The number of carbonyl (C=O) groups is 2. The Labute approximate surface area is 160 Å². The van der Waals surface area contributed by atoms with Crippen LogP contribution < -0.4 is 11.5 Å². The molecule has 2 aromatic rings. The first-order chi connectivity index (χ1) is 12.7. The van der Waals surface area contributed by atoms with Crippen molar-refractivity contribution in [1.29, 1.82) is 0 Å². The fourth-order valence-electron chi connectivity index (χ4n) is 3.41. The maximum Gasteiger partial charge on any atom is 0.152 e. The number of benzene rings is 1. The maximum atomic E-state index is 12.2. The van der Waals surface area contributed by atoms with Gasteiger partial charge in [0, 0.05) is 35.4 Å². The average Bonchev–Trinajstić information content (AvgIpc) is 3.01. The summed E-state index contributed by atoms with van der Waals surface area (Å²) >= 11 is 0. The second kappa shape index (κ2) is 9.15. The number of hydrogen-bond donors (Lipinski definition) is 4. The van der Waals surface area contributed by atoms with Gasteiger partial charge in [0.05, 0.1) is 6.04 Å². The minimum absolute atomic E-state index is 0.0175. The molecule has 2 atom stereocenters. The second-order valence-electron chi connectivity index (χ2n) is 7.67. The third-order valence-electron chi connectivity index (χ3n) is 5.02. The summed E-state index contributed by atoms with van der Waals surface area (Å²) in [7, 11) is 0. The number of hydrogen-bond acceptors (Lipinski definition) is 5. The van der Waals surface area contributed by atoms with Crippen LogP contribution >= 0.6 is 0 Å². The van der Waals surface area contributed by atoms with Crippen molar-refractivity contribution in [3.8, 4) is 5.75 Å². The normalized spacial score (nSPS) is 13.9. The predicted octanol–water partition coefficient (Wildman–Crippen LogP) is 2.45. The van der Waals surface area contributed by atoms with Crippen LogP contribution in [-0.2, 0) is 22.4 Å². The van der Waals surface area contributed by atoms with Gasteiger partial charge >= 0.3 is 0 Å². The zero-order valence-electron chi connectivity index (χ0n) is 16.4. The summed E-state index contributed by atoms with van der Waals surface area (Å²) in [4.78, 5) is 27.6. The molecule has 0 aliphatic rings. The number of rotatable bonds is 10. The first-order valence-electron chi connectivity index (χ1n) is 9.58. The standard InChI is InChI=1S/C21H31N3O3/c1-12(2)21(27)18(23)9-15-11-24-20-14(8-16(25)10-17(15)20)7-13(3)19(26)5-4-6-22/h8,10-13,18,24-25H,4-7,9,22-23H2,1-3H3/t13?,18-/m0/s1. The van der Waals surface area contributed by atoms with Gasteiger partial charge in [-0.2, -0.15) is 0 Å². The van der Waals surface area contributed by atoms with Gasteiger partial charge in [0.2, 0.25) is 0 Å². The van der Waals surface area contributed by atoms with Crippen LogP contribution in [0.25, 0.3) is 10.9 Å². The van der Waals surface area contributed by atoms with Gasteiger partial charge in [0.25, 0.3) is 0 Å². The van der Waals surface area contributed by atoms with Crippen molar-refractivity contribution in [3.63, 3.8) is 0 Å². The SMILES string of the molecule is CC(C)C(=O)[C@@H](N)Cc1c[nH]c2c(CC(C)C(=O)CCCN)cc(O)cc12. The molecule has 1 aromatic heterocycles. The summed E-state index contributed by atoms with van der Waals surface area (Å²) in [5.74, 6) is 0.0634. The van der Waals surface area contributed by atoms with Crippen molar-refractivity contribution in [2.24, 2.45) is 23.3 Å². The Balaban J connectivity index is 2.26. The average molecular weight is 373 g/mol. The lowest BCUT2D eigenvalue weighted by atomic mass is 9.92. The number of phenolic OH excluding ortho intramolecular Hbond substituents is 1. The van der Waals surface area contributed by atoms with Crippen LogP contribution in [0.3, 0.4) is 0 Å². The topological polar surface area (TPSA) is 122 Å². The first-order valence-corrected chi connectivity index (χ1v) is 9.58. The number of phenols is 1. The number of H-pyrrole nitrogens is 1. The smallest absolute Gasteiger partial charge is 0.152 e. The molecule has 0 bridgehead atoms. The van der Waals surface area contributed by atoms with E-state index in [1.807, 2.05) is 27.0 Å². The molecule has 148 valence electrons. The molecule has 2 rings (SSSR count). The van der Waals surface area contributed by atoms with Gasteiger partial charge in [0.15, 0.2) is 5.78 Å². The highest BCUT2D eigenvalue weighted by atomic mass is 16.3. The van der Waals surface area contributed by atoms with E-state index in [-0.39, 0.29) is 29.2 Å². The van der Waals surface area contributed by atoms with E-state index in [1.165, 1.54) is 0 Å². The van der Waals surface area contributed by atoms with E-state index in [1.54, 1.807) is 12.1 Å². The zero-order chi connectivity index (χ0) is 20.1. The molecule has 1 unspecified atom stereocenters. The lowest BCUT2D eigenvalue weighted by molar-refractivity contribution is -0.123. The minimum Gasteiger partial charge on any atom is -0.508 e. The molecule has 6 nitrogen and oxygen atoms in total. The summed E-state index contributed by atoms with van der Waals surface area (Å²) in [6.07, 6.45) is 3.94. The van der Waals surface area contributed by atoms with E-state index in [9.17, 15) is 14.7 Å². The number of aromatic amines is 1. The van der Waals surface area contributed by atoms with Crippen LogP contribution in [0.1, 0.15) is 44.7 Å². The molecule has 0 aliphatic carbocycles. The fraction of sp³-hybridized carbons (Fsp3) is 0.524. The van der Waals surface area contributed by atoms with Crippen molar-refractivity contribution in [2.75, 3.05) is 6.54 Å². The van der Waals surface area contributed by atoms with Gasteiger partial charge in [-0.25, -0.2) is 0 Å². The van der Waals surface area contributed by atoms with E-state index in [4.69, 9.17) is 11.5 Å². The molecule has 6 N–H and O–H groups in total. The highest BCUT2D eigenvalue weighted by molar-refractivity contribution is 5.90. The van der Waals surface area contributed by atoms with Gasteiger partial charge < -0.3 is 21.6 Å². The Hall–Kier alpha value is -2.18. The van der Waals surface area contributed by atoms with E-state index in [0.29, 0.717) is 32.2 Å². The monoisotopic (exact) mass is 373 g/mol. The molecular formula is C21H31N3O3. The molecule has 0 amide bonds. The number of ketones is 2. The third kappa shape index (κ3) is 5.17. The Kier molecular flexibility index (Phi) is 7.16. The van der Waals surface area contributed by atoms with Crippen molar-refractivity contribution >= 4 is 22.5 Å². The number of aromatic hydroxyl groups is 1. The van der Waals surface area contributed by atoms with Gasteiger partial charge in [-0.3, -0.25) is 9.59 Å². The van der Waals surface area contributed by atoms with E-state index in [2.05, 4.69) is 4.98 Å². The second-order valence-corrected chi connectivity index (χ2v) is 7.67. The van der Waals surface area contributed by atoms with Crippen LogP contribution in [0, 0.1) is 11.8 Å².